The summed E-state index contributed by atoms with van der Waals surface area (Å²) in [7, 11) is 0. The molecule has 1 N–H and O–H groups in total. The summed E-state index contributed by atoms with van der Waals surface area (Å²) in [5.74, 6) is 0.546. The maximum Gasteiger partial charge on any atom is 0.275 e. The van der Waals surface area contributed by atoms with Gasteiger partial charge in [0.2, 0.25) is 5.89 Å². The Morgan fingerprint density at radius 3 is 2.39 bits per heavy atom. The summed E-state index contributed by atoms with van der Waals surface area (Å²) >= 11 is 0. The highest BCUT2D eigenvalue weighted by Gasteiger charge is 2.23. The van der Waals surface area contributed by atoms with Crippen LogP contribution in [-0.4, -0.2) is 82.6 Å². The monoisotopic (exact) mass is 428 g/mol. The summed E-state index contributed by atoms with van der Waals surface area (Å²) in [6.07, 6.45) is 3.68. The summed E-state index contributed by atoms with van der Waals surface area (Å²) in [4.78, 5) is 23.6. The summed E-state index contributed by atoms with van der Waals surface area (Å²) in [5.41, 5.74) is 1.57. The van der Waals surface area contributed by atoms with Gasteiger partial charge in [0, 0.05) is 45.8 Å². The van der Waals surface area contributed by atoms with Gasteiger partial charge in [-0.15, -0.1) is 0 Å². The molecule has 31 heavy (non-hydrogen) atoms. The molecule has 1 aromatic carbocycles. The third kappa shape index (κ3) is 7.16. The highest BCUT2D eigenvalue weighted by molar-refractivity contribution is 5.92. The second-order valence-electron chi connectivity index (χ2n) is 8.34. The number of benzene rings is 1. The van der Waals surface area contributed by atoms with Gasteiger partial charge in [0.05, 0.1) is 12.6 Å². The molecular weight excluding hydrogens is 392 g/mol. The van der Waals surface area contributed by atoms with Crippen LogP contribution < -0.4 is 0 Å². The van der Waals surface area contributed by atoms with Crippen molar-refractivity contribution < 1.29 is 14.3 Å². The number of nitrogens with zero attached hydrogens (tertiary/aromatic N) is 4. The molecule has 1 atom stereocenters. The highest BCUT2D eigenvalue weighted by Crippen LogP contribution is 2.12. The number of carbonyl (C=O) groups is 1. The summed E-state index contributed by atoms with van der Waals surface area (Å²) in [6, 6.07) is 10.1. The third-order valence-corrected chi connectivity index (χ3v) is 5.65. The molecule has 0 spiro atoms. The minimum atomic E-state index is -0.358. The van der Waals surface area contributed by atoms with Crippen LogP contribution >= 0.6 is 0 Å². The van der Waals surface area contributed by atoms with E-state index < -0.39 is 0 Å². The Labute approximate surface area is 185 Å². The van der Waals surface area contributed by atoms with E-state index >= 15 is 0 Å². The minimum absolute atomic E-state index is 0.0454. The number of aromatic nitrogens is 1. The standard InChI is InChI=1S/C24H36N4O3/c1-3-10-28(11-4-2)24(30)22-19-31-23(25-22)18-27-14-12-26(13-15-27)17-21(29)16-20-8-6-5-7-9-20/h5-9,19,21,29H,3-4,10-18H2,1-2H3/t21-/m0/s1. The predicted molar refractivity (Wildman–Crippen MR) is 121 cm³/mol. The molecule has 0 saturated carbocycles. The fraction of sp³-hybridized carbons (Fsp3) is 0.583. The zero-order valence-electron chi connectivity index (χ0n) is 18.9. The third-order valence-electron chi connectivity index (χ3n) is 5.65. The van der Waals surface area contributed by atoms with Gasteiger partial charge in [0.1, 0.15) is 6.26 Å². The molecule has 1 aliphatic rings. The number of oxazole rings is 1. The van der Waals surface area contributed by atoms with Gasteiger partial charge in [-0.05, 0) is 24.8 Å². The fourth-order valence-corrected chi connectivity index (χ4v) is 4.07. The minimum Gasteiger partial charge on any atom is -0.447 e. The average Bonchev–Trinajstić information content (AvgIpc) is 3.23. The molecule has 1 aromatic heterocycles. The first-order chi connectivity index (χ1) is 15.1. The number of piperazine rings is 1. The normalized spacial score (nSPS) is 16.4. The first kappa shape index (κ1) is 23.4. The SMILES string of the molecule is CCCN(CCC)C(=O)c1coc(CN2CCN(C[C@@H](O)Cc3ccccc3)CC2)n1. The Morgan fingerprint density at radius 1 is 1.10 bits per heavy atom. The first-order valence-electron chi connectivity index (χ1n) is 11.5. The Kier molecular flexibility index (Phi) is 9.06. The van der Waals surface area contributed by atoms with Crippen molar-refractivity contribution in [2.75, 3.05) is 45.8 Å². The molecule has 0 radical (unpaired) electrons. The van der Waals surface area contributed by atoms with E-state index in [1.54, 1.807) is 0 Å². The van der Waals surface area contributed by atoms with E-state index in [-0.39, 0.29) is 12.0 Å². The zero-order valence-corrected chi connectivity index (χ0v) is 18.9. The van der Waals surface area contributed by atoms with Crippen LogP contribution in [0.5, 0.6) is 0 Å². The van der Waals surface area contributed by atoms with Gasteiger partial charge >= 0.3 is 0 Å². The molecule has 0 aliphatic carbocycles. The molecule has 7 heteroatoms. The van der Waals surface area contributed by atoms with Crippen LogP contribution in [0, 0.1) is 0 Å². The van der Waals surface area contributed by atoms with Crippen molar-refractivity contribution in [3.8, 4) is 0 Å². The molecule has 1 amide bonds. The average molecular weight is 429 g/mol. The van der Waals surface area contributed by atoms with E-state index in [1.165, 1.54) is 11.8 Å². The Morgan fingerprint density at radius 2 is 1.74 bits per heavy atom. The smallest absolute Gasteiger partial charge is 0.275 e. The van der Waals surface area contributed by atoms with Crippen molar-refractivity contribution in [3.05, 3.63) is 53.7 Å². The van der Waals surface area contributed by atoms with Crippen LogP contribution in [0.15, 0.2) is 41.0 Å². The van der Waals surface area contributed by atoms with Crippen LogP contribution in [-0.2, 0) is 13.0 Å². The summed E-state index contributed by atoms with van der Waals surface area (Å²) in [5, 5.41) is 10.4. The second kappa shape index (κ2) is 12.0. The summed E-state index contributed by atoms with van der Waals surface area (Å²) in [6.45, 7) is 10.5. The van der Waals surface area contributed by atoms with Crippen molar-refractivity contribution in [1.29, 1.82) is 0 Å². The van der Waals surface area contributed by atoms with Crippen LogP contribution in [0.3, 0.4) is 0 Å². The number of β-amino-alcohol motifs (C(OH)–C–C–N with tert-alkyl or cyclic N) is 1. The van der Waals surface area contributed by atoms with Crippen LogP contribution in [0.1, 0.15) is 48.6 Å². The molecule has 1 fully saturated rings. The lowest BCUT2D eigenvalue weighted by Gasteiger charge is -2.35. The van der Waals surface area contributed by atoms with Crippen LogP contribution in [0.2, 0.25) is 0 Å². The van der Waals surface area contributed by atoms with Crippen molar-refractivity contribution in [2.24, 2.45) is 0 Å². The lowest BCUT2D eigenvalue weighted by atomic mass is 10.1. The van der Waals surface area contributed by atoms with E-state index in [1.807, 2.05) is 23.1 Å². The Hall–Kier alpha value is -2.22. The summed E-state index contributed by atoms with van der Waals surface area (Å²) < 4.78 is 5.60. The number of hydrogen-bond acceptors (Lipinski definition) is 6. The second-order valence-corrected chi connectivity index (χ2v) is 8.34. The van der Waals surface area contributed by atoms with Gasteiger partial charge in [-0.3, -0.25) is 14.6 Å². The molecule has 7 nitrogen and oxygen atoms in total. The fourth-order valence-electron chi connectivity index (χ4n) is 4.07. The number of hydrogen-bond donors (Lipinski definition) is 1. The molecule has 0 unspecified atom stereocenters. The Bertz CT molecular complexity index is 781. The topological polar surface area (TPSA) is 73.1 Å². The largest absolute Gasteiger partial charge is 0.447 e. The van der Waals surface area contributed by atoms with Crippen LogP contribution in [0.4, 0.5) is 0 Å². The molecule has 2 heterocycles. The van der Waals surface area contributed by atoms with Gasteiger partial charge in [0.15, 0.2) is 5.69 Å². The molecule has 170 valence electrons. The molecular formula is C24H36N4O3. The number of rotatable bonds is 11. The van der Waals surface area contributed by atoms with Crippen molar-refractivity contribution in [3.63, 3.8) is 0 Å². The number of aliphatic hydroxyl groups excluding tert-OH is 1. The highest BCUT2D eigenvalue weighted by atomic mass is 16.3. The quantitative estimate of drug-likeness (QED) is 0.593. The maximum atomic E-state index is 12.7. The van der Waals surface area contributed by atoms with Gasteiger partial charge < -0.3 is 14.4 Å². The van der Waals surface area contributed by atoms with E-state index in [0.717, 1.165) is 52.1 Å². The van der Waals surface area contributed by atoms with Crippen LogP contribution in [0.25, 0.3) is 0 Å². The molecule has 2 aromatic rings. The van der Waals surface area contributed by atoms with Gasteiger partial charge in [0.25, 0.3) is 5.91 Å². The first-order valence-corrected chi connectivity index (χ1v) is 11.5. The van der Waals surface area contributed by atoms with Crippen molar-refractivity contribution in [2.45, 2.75) is 45.8 Å². The van der Waals surface area contributed by atoms with Gasteiger partial charge in [-0.2, -0.15) is 0 Å². The lowest BCUT2D eigenvalue weighted by molar-refractivity contribution is 0.0675. The van der Waals surface area contributed by atoms with E-state index in [2.05, 4.69) is 40.8 Å². The number of amides is 1. The zero-order chi connectivity index (χ0) is 22.1. The molecule has 3 rings (SSSR count). The molecule has 1 saturated heterocycles. The van der Waals surface area contributed by atoms with E-state index in [9.17, 15) is 9.90 Å². The van der Waals surface area contributed by atoms with E-state index in [4.69, 9.17) is 4.42 Å². The van der Waals surface area contributed by atoms with E-state index in [0.29, 0.717) is 31.1 Å². The predicted octanol–water partition coefficient (Wildman–Crippen LogP) is 2.66. The van der Waals surface area contributed by atoms with Crippen molar-refractivity contribution >= 4 is 5.91 Å². The molecule has 1 aliphatic heterocycles. The van der Waals surface area contributed by atoms with Gasteiger partial charge in [-0.1, -0.05) is 44.2 Å². The Balaban J connectivity index is 1.43. The lowest BCUT2D eigenvalue weighted by Crippen LogP contribution is -2.48. The van der Waals surface area contributed by atoms with Gasteiger partial charge in [-0.25, -0.2) is 4.98 Å². The maximum absolute atomic E-state index is 12.7. The van der Waals surface area contributed by atoms with Crippen molar-refractivity contribution in [1.82, 2.24) is 19.7 Å². The number of aliphatic hydroxyl groups is 1. The molecule has 0 bridgehead atoms. The number of carbonyl (C=O) groups excluding carboxylic acids is 1.